The Morgan fingerprint density at radius 2 is 1.94 bits per heavy atom. The molecule has 2 N–H and O–H groups in total. The molecule has 31 heavy (non-hydrogen) atoms. The maximum atomic E-state index is 12.5. The largest absolute Gasteiger partial charge is 0.493 e. The van der Waals surface area contributed by atoms with Gasteiger partial charge in [-0.1, -0.05) is 33.1 Å². The molecule has 0 spiro atoms. The molecule has 0 saturated heterocycles. The fourth-order valence-electron chi connectivity index (χ4n) is 3.40. The van der Waals surface area contributed by atoms with Crippen LogP contribution in [0.25, 0.3) is 0 Å². The van der Waals surface area contributed by atoms with Gasteiger partial charge in [-0.05, 0) is 24.5 Å². The van der Waals surface area contributed by atoms with Gasteiger partial charge in [0.1, 0.15) is 0 Å². The number of methoxy groups -OCH3 is 2. The Hall–Kier alpha value is -3.30. The number of hydrogen-bond donors (Lipinski definition) is 2. The molecule has 0 radical (unpaired) electrons. The first-order valence-electron chi connectivity index (χ1n) is 10.3. The molecule has 0 aromatic heterocycles. The lowest BCUT2D eigenvalue weighted by Crippen LogP contribution is -2.45. The number of nitrogens with zero attached hydrogens (tertiary/aromatic N) is 1. The number of rotatable bonds is 11. The molecule has 10 heteroatoms. The normalized spacial score (nSPS) is 15.7. The van der Waals surface area contributed by atoms with E-state index in [1.807, 2.05) is 13.8 Å². The molecule has 2 amide bonds. The van der Waals surface area contributed by atoms with Gasteiger partial charge in [-0.15, -0.1) is 0 Å². The number of nitro benzene ring substituents is 1. The van der Waals surface area contributed by atoms with Gasteiger partial charge < -0.3 is 24.8 Å². The topological polar surface area (TPSA) is 129 Å². The third kappa shape index (κ3) is 5.65. The fraction of sp³-hybridized carbons (Fsp3) is 0.524. The van der Waals surface area contributed by atoms with Gasteiger partial charge in [0.2, 0.25) is 5.75 Å². The lowest BCUT2D eigenvalue weighted by molar-refractivity contribution is -0.386. The Labute approximate surface area is 181 Å². The number of carbonyl (C=O) groups is 2. The van der Waals surface area contributed by atoms with E-state index in [1.54, 1.807) is 0 Å². The van der Waals surface area contributed by atoms with E-state index in [4.69, 9.17) is 14.2 Å². The highest BCUT2D eigenvalue weighted by molar-refractivity contribution is 5.95. The number of nitrogens with one attached hydrogen (secondary N) is 2. The number of amides is 2. The van der Waals surface area contributed by atoms with Crippen LogP contribution in [0.2, 0.25) is 0 Å². The van der Waals surface area contributed by atoms with Crippen molar-refractivity contribution in [3.05, 3.63) is 39.1 Å². The van der Waals surface area contributed by atoms with Crippen LogP contribution in [0, 0.1) is 10.1 Å². The first-order chi connectivity index (χ1) is 14.9. The Bertz CT molecular complexity index is 867. The van der Waals surface area contributed by atoms with Crippen LogP contribution in [0.3, 0.4) is 0 Å². The summed E-state index contributed by atoms with van der Waals surface area (Å²) in [5, 5.41) is 17.1. The van der Waals surface area contributed by atoms with E-state index in [1.165, 1.54) is 26.4 Å². The minimum Gasteiger partial charge on any atom is -0.493 e. The predicted octanol–water partition coefficient (Wildman–Crippen LogP) is 3.75. The second-order valence-corrected chi connectivity index (χ2v) is 7.05. The van der Waals surface area contributed by atoms with Crippen molar-refractivity contribution >= 4 is 17.7 Å². The summed E-state index contributed by atoms with van der Waals surface area (Å²) in [6, 6.07) is 1.37. The maximum absolute atomic E-state index is 12.5. The molecule has 0 fully saturated rings. The van der Waals surface area contributed by atoms with Gasteiger partial charge in [0.25, 0.3) is 0 Å². The maximum Gasteiger partial charge on any atom is 0.337 e. The van der Waals surface area contributed by atoms with Crippen LogP contribution < -0.4 is 20.1 Å². The second-order valence-electron chi connectivity index (χ2n) is 7.05. The number of ether oxygens (including phenoxy) is 3. The minimum atomic E-state index is -0.940. The zero-order chi connectivity index (χ0) is 23.0. The molecule has 0 saturated carbocycles. The number of benzene rings is 1. The van der Waals surface area contributed by atoms with Crippen molar-refractivity contribution < 1.29 is 28.7 Å². The third-order valence-corrected chi connectivity index (χ3v) is 4.86. The second kappa shape index (κ2) is 11.2. The Morgan fingerprint density at radius 1 is 1.19 bits per heavy atom. The molecule has 1 unspecified atom stereocenters. The average molecular weight is 435 g/mol. The number of unbranched alkanes of at least 4 members (excludes halogenated alkanes) is 2. The molecular formula is C21H29N3O7. The highest BCUT2D eigenvalue weighted by Crippen LogP contribution is 2.42. The Balaban J connectivity index is 2.58. The van der Waals surface area contributed by atoms with Gasteiger partial charge in [0.05, 0.1) is 37.4 Å². The van der Waals surface area contributed by atoms with E-state index in [9.17, 15) is 19.7 Å². The number of allylic oxidation sites excluding steroid dienone is 1. The lowest BCUT2D eigenvalue weighted by atomic mass is 9.93. The third-order valence-electron chi connectivity index (χ3n) is 4.86. The molecular weight excluding hydrogens is 406 g/mol. The zero-order valence-corrected chi connectivity index (χ0v) is 18.3. The molecule has 1 heterocycles. The lowest BCUT2D eigenvalue weighted by Gasteiger charge is -2.29. The zero-order valence-electron chi connectivity index (χ0n) is 18.3. The summed E-state index contributed by atoms with van der Waals surface area (Å²) >= 11 is 0. The van der Waals surface area contributed by atoms with Crippen molar-refractivity contribution in [2.24, 2.45) is 0 Å². The molecule has 0 bridgehead atoms. The highest BCUT2D eigenvalue weighted by atomic mass is 16.6. The van der Waals surface area contributed by atoms with Crippen molar-refractivity contribution in [1.82, 2.24) is 10.6 Å². The smallest absolute Gasteiger partial charge is 0.337 e. The summed E-state index contributed by atoms with van der Waals surface area (Å²) < 4.78 is 15.9. The molecule has 1 aromatic rings. The van der Waals surface area contributed by atoms with E-state index in [-0.39, 0.29) is 22.8 Å². The fourth-order valence-corrected chi connectivity index (χ4v) is 3.40. The predicted molar refractivity (Wildman–Crippen MR) is 113 cm³/mol. The number of carbonyl (C=O) groups excluding carboxylic acids is 2. The van der Waals surface area contributed by atoms with E-state index >= 15 is 0 Å². The number of urea groups is 1. The highest BCUT2D eigenvalue weighted by Gasteiger charge is 2.35. The standard InChI is InChI=1S/C21H29N3O7/c1-5-7-8-10-31-19-15(24(27)28)11-13(12-16(19)29-3)18-17(20(25)30-4)14(9-6-2)22-21(26)23-18/h11-12,18H,5-10H2,1-4H3,(H2,22,23,26). The number of esters is 1. The quantitative estimate of drug-likeness (QED) is 0.234. The van der Waals surface area contributed by atoms with Gasteiger partial charge in [0.15, 0.2) is 5.75 Å². The minimum absolute atomic E-state index is 0.0185. The summed E-state index contributed by atoms with van der Waals surface area (Å²) in [6.07, 6.45) is 3.78. The Kier molecular flexibility index (Phi) is 8.65. The van der Waals surface area contributed by atoms with Crippen molar-refractivity contribution in [2.75, 3.05) is 20.8 Å². The van der Waals surface area contributed by atoms with Crippen LogP contribution in [0.4, 0.5) is 10.5 Å². The van der Waals surface area contributed by atoms with Crippen molar-refractivity contribution in [2.45, 2.75) is 52.0 Å². The number of nitro groups is 1. The van der Waals surface area contributed by atoms with Crippen molar-refractivity contribution in [3.63, 3.8) is 0 Å². The molecule has 0 aliphatic carbocycles. The van der Waals surface area contributed by atoms with E-state index in [0.717, 1.165) is 19.3 Å². The molecule has 2 rings (SSSR count). The first kappa shape index (κ1) is 24.0. The summed E-state index contributed by atoms with van der Waals surface area (Å²) in [4.78, 5) is 36.0. The first-order valence-corrected chi connectivity index (χ1v) is 10.3. The summed E-state index contributed by atoms with van der Waals surface area (Å²) in [6.45, 7) is 4.26. The van der Waals surface area contributed by atoms with Crippen LogP contribution in [0.1, 0.15) is 57.6 Å². The van der Waals surface area contributed by atoms with Gasteiger partial charge in [-0.3, -0.25) is 10.1 Å². The number of hydrogen-bond acceptors (Lipinski definition) is 7. The van der Waals surface area contributed by atoms with Gasteiger partial charge in [-0.2, -0.15) is 0 Å². The molecule has 10 nitrogen and oxygen atoms in total. The Morgan fingerprint density at radius 3 is 2.52 bits per heavy atom. The van der Waals surface area contributed by atoms with Crippen LogP contribution in [-0.2, 0) is 9.53 Å². The molecule has 1 atom stereocenters. The van der Waals surface area contributed by atoms with Crippen LogP contribution in [-0.4, -0.2) is 37.8 Å². The van der Waals surface area contributed by atoms with Crippen molar-refractivity contribution in [3.8, 4) is 11.5 Å². The molecule has 170 valence electrons. The monoisotopic (exact) mass is 435 g/mol. The van der Waals surface area contributed by atoms with Crippen LogP contribution >= 0.6 is 0 Å². The molecule has 1 aliphatic heterocycles. The van der Waals surface area contributed by atoms with Crippen molar-refractivity contribution in [1.29, 1.82) is 0 Å². The van der Waals surface area contributed by atoms with Crippen LogP contribution in [0.5, 0.6) is 11.5 Å². The van der Waals surface area contributed by atoms with E-state index < -0.39 is 23.0 Å². The molecule has 1 aromatic carbocycles. The average Bonchev–Trinajstić information content (AvgIpc) is 2.75. The van der Waals surface area contributed by atoms with Crippen LogP contribution in [0.15, 0.2) is 23.4 Å². The van der Waals surface area contributed by atoms with Gasteiger partial charge >= 0.3 is 17.7 Å². The SMILES string of the molecule is CCCCCOc1c(OC)cc(C2NC(=O)NC(CCC)=C2C(=O)OC)cc1[N+](=O)[O-]. The van der Waals surface area contributed by atoms with E-state index in [0.29, 0.717) is 30.7 Å². The summed E-state index contributed by atoms with van der Waals surface area (Å²) in [5.41, 5.74) is 0.620. The van der Waals surface area contributed by atoms with Gasteiger partial charge in [0, 0.05) is 11.8 Å². The summed E-state index contributed by atoms with van der Waals surface area (Å²) in [7, 11) is 2.62. The van der Waals surface area contributed by atoms with E-state index in [2.05, 4.69) is 10.6 Å². The van der Waals surface area contributed by atoms with Gasteiger partial charge in [-0.25, -0.2) is 9.59 Å². The summed E-state index contributed by atoms with van der Waals surface area (Å²) in [5.74, 6) is -0.470. The molecule has 1 aliphatic rings.